The van der Waals surface area contributed by atoms with Crippen LogP contribution in [0, 0.1) is 0 Å². The molecule has 6 heteroatoms. The minimum absolute atomic E-state index is 0.532. The average Bonchev–Trinajstić information content (AvgIpc) is 4.01. The van der Waals surface area contributed by atoms with Gasteiger partial charge in [-0.3, -0.25) is 4.57 Å². The number of nitrogens with zero attached hydrogens (tertiary/aromatic N) is 5. The normalized spacial score (nSPS) is 11.8. The Labute approximate surface area is 361 Å². The molecule has 0 N–H and O–H groups in total. The quantitative estimate of drug-likeness (QED) is 0.168. The van der Waals surface area contributed by atoms with Crippen LogP contribution in [0.15, 0.2) is 217 Å². The van der Waals surface area contributed by atoms with Gasteiger partial charge in [0.15, 0.2) is 11.6 Å². The minimum Gasteiger partial charge on any atom is -0.455 e. The molecule has 9 aromatic carbocycles. The van der Waals surface area contributed by atoms with E-state index < -0.39 is 0 Å². The van der Waals surface area contributed by atoms with Gasteiger partial charge in [0, 0.05) is 43.4 Å². The van der Waals surface area contributed by atoms with Gasteiger partial charge in [0.05, 0.1) is 33.3 Å². The summed E-state index contributed by atoms with van der Waals surface area (Å²) in [6.07, 6.45) is 0. The second kappa shape index (κ2) is 14.0. The zero-order valence-electron chi connectivity index (χ0n) is 33.9. The number of fused-ring (bicyclic) bond motifs is 9. The summed E-state index contributed by atoms with van der Waals surface area (Å²) in [6, 6.07) is 74.6. The van der Waals surface area contributed by atoms with Gasteiger partial charge in [0.2, 0.25) is 5.95 Å². The summed E-state index contributed by atoms with van der Waals surface area (Å²) in [7, 11) is 0. The number of furan rings is 1. The van der Waals surface area contributed by atoms with Gasteiger partial charge in [-0.15, -0.1) is 0 Å². The van der Waals surface area contributed by atoms with Gasteiger partial charge in [-0.05, 0) is 65.2 Å². The van der Waals surface area contributed by atoms with E-state index >= 15 is 0 Å². The molecule has 0 saturated carbocycles. The van der Waals surface area contributed by atoms with Crippen LogP contribution in [0.4, 0.5) is 0 Å². The monoisotopic (exact) mass is 805 g/mol. The Morgan fingerprint density at radius 3 is 1.59 bits per heavy atom. The Balaban J connectivity index is 1.09. The maximum atomic E-state index is 6.54. The van der Waals surface area contributed by atoms with Crippen LogP contribution in [-0.2, 0) is 0 Å². The first-order valence-corrected chi connectivity index (χ1v) is 21.2. The molecule has 13 rings (SSSR count). The lowest BCUT2D eigenvalue weighted by atomic mass is 9.97. The fraction of sp³-hybridized carbons (Fsp3) is 0. The molecule has 0 saturated heterocycles. The Bertz CT molecular complexity index is 3900. The number of rotatable bonds is 6. The molecular weight excluding hydrogens is 771 g/mol. The van der Waals surface area contributed by atoms with E-state index in [0.717, 1.165) is 93.5 Å². The predicted octanol–water partition coefficient (Wildman–Crippen LogP) is 14.6. The second-order valence-corrected chi connectivity index (χ2v) is 16.0. The van der Waals surface area contributed by atoms with E-state index in [0.29, 0.717) is 17.6 Å². The number of para-hydroxylation sites is 4. The molecule has 4 heterocycles. The lowest BCUT2D eigenvalue weighted by Crippen LogP contribution is -2.06. The molecule has 0 spiro atoms. The Kier molecular flexibility index (Phi) is 7.80. The Hall–Kier alpha value is -8.61. The summed E-state index contributed by atoms with van der Waals surface area (Å²) < 4.78 is 11.2. The van der Waals surface area contributed by atoms with E-state index in [1.165, 1.54) is 11.1 Å². The molecule has 294 valence electrons. The molecule has 4 aromatic heterocycles. The highest BCUT2D eigenvalue weighted by molar-refractivity contribution is 6.19. The Morgan fingerprint density at radius 1 is 0.317 bits per heavy atom. The van der Waals surface area contributed by atoms with Crippen molar-refractivity contribution in [2.45, 2.75) is 0 Å². The molecule has 0 bridgehead atoms. The van der Waals surface area contributed by atoms with Gasteiger partial charge in [-0.2, -0.15) is 9.97 Å². The van der Waals surface area contributed by atoms with Crippen molar-refractivity contribution >= 4 is 65.6 Å². The first-order valence-electron chi connectivity index (χ1n) is 21.2. The molecule has 0 radical (unpaired) electrons. The molecule has 0 aliphatic carbocycles. The van der Waals surface area contributed by atoms with Gasteiger partial charge in [-0.25, -0.2) is 4.98 Å². The summed E-state index contributed by atoms with van der Waals surface area (Å²) in [5, 5.41) is 6.59. The summed E-state index contributed by atoms with van der Waals surface area (Å²) in [6.45, 7) is 0. The van der Waals surface area contributed by atoms with Crippen LogP contribution < -0.4 is 0 Å². The smallest absolute Gasteiger partial charge is 0.238 e. The first-order chi connectivity index (χ1) is 31.2. The highest BCUT2D eigenvalue weighted by Crippen LogP contribution is 2.43. The molecule has 0 aliphatic rings. The van der Waals surface area contributed by atoms with Crippen molar-refractivity contribution in [1.82, 2.24) is 24.1 Å². The van der Waals surface area contributed by atoms with Crippen LogP contribution in [-0.4, -0.2) is 24.1 Å². The average molecular weight is 806 g/mol. The van der Waals surface area contributed by atoms with Gasteiger partial charge in [-0.1, -0.05) is 164 Å². The number of hydrogen-bond donors (Lipinski definition) is 0. The van der Waals surface area contributed by atoms with E-state index in [2.05, 4.69) is 167 Å². The summed E-state index contributed by atoms with van der Waals surface area (Å²) in [5.74, 6) is 1.66. The standard InChI is InChI=1S/C57H35N5O/c1-4-17-36(18-5-1)39-31-32-50(45(33-39)37-19-6-2-7-20-37)61-48-28-13-10-23-40(48)46-35-52-47(34-51(46)61)41-24-11-14-29-49(41)62(52)57-59-55(38-21-8-3-9-22-38)58-56(60-57)44-27-16-26-43-42-25-12-15-30-53(42)63-54(43)44/h1-35H. The first kappa shape index (κ1) is 35.2. The zero-order valence-corrected chi connectivity index (χ0v) is 33.9. The van der Waals surface area contributed by atoms with E-state index in [1.807, 2.05) is 54.6 Å². The molecular formula is C57H35N5O. The number of benzene rings is 9. The molecule has 0 unspecified atom stereocenters. The maximum absolute atomic E-state index is 6.54. The lowest BCUT2D eigenvalue weighted by molar-refractivity contribution is 0.669. The van der Waals surface area contributed by atoms with Crippen LogP contribution in [0.1, 0.15) is 0 Å². The topological polar surface area (TPSA) is 61.7 Å². The van der Waals surface area contributed by atoms with E-state index in [9.17, 15) is 0 Å². The molecule has 0 atom stereocenters. The third-order valence-corrected chi connectivity index (χ3v) is 12.4. The molecule has 6 nitrogen and oxygen atoms in total. The van der Waals surface area contributed by atoms with Crippen molar-refractivity contribution < 1.29 is 4.42 Å². The molecule has 0 amide bonds. The van der Waals surface area contributed by atoms with Gasteiger partial charge < -0.3 is 8.98 Å². The van der Waals surface area contributed by atoms with Crippen molar-refractivity contribution in [3.05, 3.63) is 212 Å². The van der Waals surface area contributed by atoms with Crippen molar-refractivity contribution in [2.75, 3.05) is 0 Å². The lowest BCUT2D eigenvalue weighted by Gasteiger charge is -2.16. The molecule has 13 aromatic rings. The van der Waals surface area contributed by atoms with Gasteiger partial charge in [0.25, 0.3) is 0 Å². The van der Waals surface area contributed by atoms with Crippen LogP contribution in [0.3, 0.4) is 0 Å². The van der Waals surface area contributed by atoms with Gasteiger partial charge >= 0.3 is 0 Å². The maximum Gasteiger partial charge on any atom is 0.238 e. The third-order valence-electron chi connectivity index (χ3n) is 12.4. The largest absolute Gasteiger partial charge is 0.455 e. The third kappa shape index (κ3) is 5.55. The van der Waals surface area contributed by atoms with Crippen molar-refractivity contribution in [3.8, 4) is 56.7 Å². The zero-order chi connectivity index (χ0) is 41.4. The number of hydrogen-bond acceptors (Lipinski definition) is 4. The Morgan fingerprint density at radius 2 is 0.873 bits per heavy atom. The highest BCUT2D eigenvalue weighted by Gasteiger charge is 2.23. The van der Waals surface area contributed by atoms with E-state index in [1.54, 1.807) is 0 Å². The molecule has 0 aliphatic heterocycles. The van der Waals surface area contributed by atoms with Crippen LogP contribution >= 0.6 is 0 Å². The number of aromatic nitrogens is 5. The van der Waals surface area contributed by atoms with Crippen LogP contribution in [0.25, 0.3) is 122 Å². The minimum atomic E-state index is 0.532. The van der Waals surface area contributed by atoms with Gasteiger partial charge in [0.1, 0.15) is 11.2 Å². The van der Waals surface area contributed by atoms with Crippen molar-refractivity contribution in [1.29, 1.82) is 0 Å². The molecule has 63 heavy (non-hydrogen) atoms. The molecule has 0 fully saturated rings. The fourth-order valence-corrected chi connectivity index (χ4v) is 9.52. The summed E-state index contributed by atoms with van der Waals surface area (Å²) in [4.78, 5) is 15.8. The SMILES string of the molecule is c1ccc(-c2ccc(-n3c4ccccc4c4cc5c(cc43)c3ccccc3n5-c3nc(-c4ccccc4)nc(-c4cccc5c4oc4ccccc45)n3)c(-c3ccccc3)c2)cc1. The van der Waals surface area contributed by atoms with Crippen molar-refractivity contribution in [2.24, 2.45) is 0 Å². The van der Waals surface area contributed by atoms with Crippen molar-refractivity contribution in [3.63, 3.8) is 0 Å². The summed E-state index contributed by atoms with van der Waals surface area (Å²) in [5.41, 5.74) is 13.3. The van der Waals surface area contributed by atoms with E-state index in [-0.39, 0.29) is 0 Å². The van der Waals surface area contributed by atoms with Crippen LogP contribution in [0.5, 0.6) is 0 Å². The predicted molar refractivity (Wildman–Crippen MR) is 258 cm³/mol. The fourth-order valence-electron chi connectivity index (χ4n) is 9.52. The second-order valence-electron chi connectivity index (χ2n) is 16.0. The summed E-state index contributed by atoms with van der Waals surface area (Å²) >= 11 is 0. The van der Waals surface area contributed by atoms with Crippen LogP contribution in [0.2, 0.25) is 0 Å². The highest BCUT2D eigenvalue weighted by atomic mass is 16.3. The van der Waals surface area contributed by atoms with E-state index in [4.69, 9.17) is 19.4 Å².